The number of carbonyl (C=O) groups excluding carboxylic acids is 2. The van der Waals surface area contributed by atoms with Crippen LogP contribution in [-0.2, 0) is 22.3 Å². The largest absolute Gasteiger partial charge is 0.388 e. The zero-order chi connectivity index (χ0) is 37.3. The van der Waals surface area contributed by atoms with E-state index in [-0.39, 0.29) is 24.8 Å². The van der Waals surface area contributed by atoms with Gasteiger partial charge >= 0.3 is 6.03 Å². The van der Waals surface area contributed by atoms with E-state index in [0.717, 1.165) is 77.6 Å². The number of amides is 2. The number of likely N-dealkylation sites (tertiary alicyclic amines) is 1. The molecule has 13 nitrogen and oxygen atoms in total. The van der Waals surface area contributed by atoms with Crippen molar-refractivity contribution in [3.8, 4) is 10.4 Å². The van der Waals surface area contributed by atoms with Crippen molar-refractivity contribution in [3.63, 3.8) is 0 Å². The predicted molar refractivity (Wildman–Crippen MR) is 211 cm³/mol. The Labute approximate surface area is 321 Å². The van der Waals surface area contributed by atoms with Gasteiger partial charge in [-0.2, -0.15) is 0 Å². The second kappa shape index (κ2) is 18.2. The number of carbonyl (C=O) groups is 2. The van der Waals surface area contributed by atoms with Crippen molar-refractivity contribution in [1.82, 2.24) is 34.4 Å². The average molecular weight is 777 g/mol. The number of hydrogen-bond acceptors (Lipinski definition) is 11. The van der Waals surface area contributed by atoms with Crippen LogP contribution in [0.4, 0.5) is 16.4 Å². The number of benzene rings is 2. The van der Waals surface area contributed by atoms with E-state index < -0.39 is 17.0 Å². The summed E-state index contributed by atoms with van der Waals surface area (Å²) >= 11 is 7.58. The third-order valence-corrected chi connectivity index (χ3v) is 12.4. The number of thiazole rings is 1. The molecule has 2 fully saturated rings. The van der Waals surface area contributed by atoms with Crippen LogP contribution in [0, 0.1) is 5.41 Å². The van der Waals surface area contributed by atoms with Gasteiger partial charge in [0, 0.05) is 63.6 Å². The van der Waals surface area contributed by atoms with Gasteiger partial charge < -0.3 is 20.7 Å². The standard InChI is InChI=1S/C37H45ClN10O3S2/c1-40-32-20-26(7-8-31(32)35(39)48(13-4-18-49)37(50)41-2)25-9-14-46(15-10-25)24-34-42-23-33(52-34)27-5-3-6-30(19-27)53(51)47-16-11-29(12-17-47)45-36-43-21-28(38)22-44-36/h3,5-8,18-23,25,29,39-40H,4,9-17,24H2,1-2H3,(H,41,50)(H,43,44,45). The Morgan fingerprint density at radius 2 is 1.79 bits per heavy atom. The second-order valence-corrected chi connectivity index (χ2v) is 16.1. The zero-order valence-electron chi connectivity index (χ0n) is 29.9. The highest BCUT2D eigenvalue weighted by molar-refractivity contribution is 7.82. The molecule has 6 rings (SSSR count). The van der Waals surface area contributed by atoms with Crippen LogP contribution in [0.5, 0.6) is 0 Å². The molecule has 2 aliphatic rings. The molecule has 1 unspecified atom stereocenters. The molecular formula is C37H45ClN10O3S2. The monoisotopic (exact) mass is 776 g/mol. The van der Waals surface area contributed by atoms with Gasteiger partial charge in [-0.3, -0.25) is 15.2 Å². The Balaban J connectivity index is 1.01. The third kappa shape index (κ3) is 9.64. The zero-order valence-corrected chi connectivity index (χ0v) is 32.3. The van der Waals surface area contributed by atoms with E-state index >= 15 is 0 Å². The minimum Gasteiger partial charge on any atom is -0.388 e. The maximum Gasteiger partial charge on any atom is 0.322 e. The van der Waals surface area contributed by atoms with Gasteiger partial charge in [-0.25, -0.2) is 28.3 Å². The molecule has 16 heteroatoms. The van der Waals surface area contributed by atoms with Crippen LogP contribution in [0.3, 0.4) is 0 Å². The number of urea groups is 1. The molecule has 2 aliphatic heterocycles. The fourth-order valence-corrected chi connectivity index (χ4v) is 9.10. The van der Waals surface area contributed by atoms with Crippen molar-refractivity contribution in [2.45, 2.75) is 55.5 Å². The Morgan fingerprint density at radius 1 is 1.04 bits per heavy atom. The normalized spacial score (nSPS) is 16.5. The molecule has 4 aromatic rings. The predicted octanol–water partition coefficient (Wildman–Crippen LogP) is 5.83. The number of anilines is 2. The van der Waals surface area contributed by atoms with Crippen molar-refractivity contribution in [2.75, 3.05) is 57.5 Å². The molecule has 280 valence electrons. The maximum atomic E-state index is 13.6. The van der Waals surface area contributed by atoms with Crippen LogP contribution < -0.4 is 16.0 Å². The van der Waals surface area contributed by atoms with E-state index in [0.29, 0.717) is 35.5 Å². The molecule has 1 atom stereocenters. The number of rotatable bonds is 13. The number of aromatic nitrogens is 3. The molecular weight excluding hydrogens is 732 g/mol. The summed E-state index contributed by atoms with van der Waals surface area (Å²) in [6.45, 7) is 4.21. The molecule has 2 aromatic carbocycles. The Morgan fingerprint density at radius 3 is 2.49 bits per heavy atom. The van der Waals surface area contributed by atoms with Crippen molar-refractivity contribution in [1.29, 1.82) is 5.41 Å². The van der Waals surface area contributed by atoms with Gasteiger partial charge in [-0.05, 0) is 80.1 Å². The molecule has 2 saturated heterocycles. The molecule has 53 heavy (non-hydrogen) atoms. The average Bonchev–Trinajstić information content (AvgIpc) is 3.67. The summed E-state index contributed by atoms with van der Waals surface area (Å²) in [6.07, 6.45) is 9.66. The van der Waals surface area contributed by atoms with Crippen LogP contribution in [0.2, 0.25) is 5.02 Å². The van der Waals surface area contributed by atoms with Crippen molar-refractivity contribution < 1.29 is 13.8 Å². The minimum absolute atomic E-state index is 0.0514. The molecule has 2 amide bonds. The first-order valence-electron chi connectivity index (χ1n) is 17.8. The summed E-state index contributed by atoms with van der Waals surface area (Å²) in [5.74, 6) is 0.985. The summed E-state index contributed by atoms with van der Waals surface area (Å²) in [7, 11) is 2.07. The van der Waals surface area contributed by atoms with Gasteiger partial charge in [0.1, 0.15) is 28.1 Å². The van der Waals surface area contributed by atoms with Gasteiger partial charge in [0.15, 0.2) is 0 Å². The summed E-state index contributed by atoms with van der Waals surface area (Å²) in [5, 5.41) is 19.4. The summed E-state index contributed by atoms with van der Waals surface area (Å²) < 4.78 is 15.6. The Hall–Kier alpha value is -4.28. The number of nitrogens with one attached hydrogen (secondary N) is 4. The van der Waals surface area contributed by atoms with Gasteiger partial charge in [-0.15, -0.1) is 11.3 Å². The highest BCUT2D eigenvalue weighted by Gasteiger charge is 2.26. The highest BCUT2D eigenvalue weighted by atomic mass is 35.5. The summed E-state index contributed by atoms with van der Waals surface area (Å²) in [5.41, 5.74) is 3.61. The molecule has 4 heterocycles. The van der Waals surface area contributed by atoms with E-state index in [4.69, 9.17) is 22.0 Å². The van der Waals surface area contributed by atoms with Crippen LogP contribution >= 0.6 is 22.9 Å². The molecule has 0 aliphatic carbocycles. The molecule has 0 spiro atoms. The van der Waals surface area contributed by atoms with E-state index in [1.54, 1.807) is 23.7 Å². The number of halogens is 1. The minimum atomic E-state index is -1.26. The van der Waals surface area contributed by atoms with Crippen molar-refractivity contribution >= 4 is 63.7 Å². The lowest BCUT2D eigenvalue weighted by Gasteiger charge is -2.32. The Bertz CT molecular complexity index is 1910. The topological polar surface area (TPSA) is 160 Å². The van der Waals surface area contributed by atoms with E-state index in [2.05, 4.69) is 49.0 Å². The quantitative estimate of drug-likeness (QED) is 0.0745. The van der Waals surface area contributed by atoms with Gasteiger partial charge in [-0.1, -0.05) is 29.8 Å². The lowest BCUT2D eigenvalue weighted by molar-refractivity contribution is -0.107. The van der Waals surface area contributed by atoms with Crippen molar-refractivity contribution in [3.05, 3.63) is 82.2 Å². The lowest BCUT2D eigenvalue weighted by Crippen LogP contribution is -2.43. The molecule has 0 radical (unpaired) electrons. The summed E-state index contributed by atoms with van der Waals surface area (Å²) in [6, 6.07) is 13.8. The van der Waals surface area contributed by atoms with E-state index in [9.17, 15) is 13.8 Å². The lowest BCUT2D eigenvalue weighted by atomic mass is 9.88. The number of nitrogens with zero attached hydrogens (tertiary/aromatic N) is 6. The number of amidine groups is 1. The smallest absolute Gasteiger partial charge is 0.322 e. The Kier molecular flexibility index (Phi) is 13.2. The number of hydrogen-bond donors (Lipinski definition) is 4. The van der Waals surface area contributed by atoms with Gasteiger partial charge in [0.05, 0.1) is 33.7 Å². The third-order valence-electron chi connectivity index (χ3n) is 9.70. The van der Waals surface area contributed by atoms with Crippen LogP contribution in [-0.4, -0.2) is 104 Å². The van der Waals surface area contributed by atoms with E-state index in [1.165, 1.54) is 17.5 Å². The highest BCUT2D eigenvalue weighted by Crippen LogP contribution is 2.34. The van der Waals surface area contributed by atoms with Crippen molar-refractivity contribution in [2.24, 2.45) is 0 Å². The fourth-order valence-electron chi connectivity index (χ4n) is 6.78. The SMILES string of the molecule is CNC(=O)N(CCC=O)C(=N)c1ccc(C2CCN(Cc3ncc(-c4cccc(S(=O)N5CCC(Nc6ncc(Cl)cn6)CC5)c4)s3)CC2)cc1NC. The second-order valence-electron chi connectivity index (χ2n) is 13.1. The first-order chi connectivity index (χ1) is 25.8. The van der Waals surface area contributed by atoms with Crippen LogP contribution in [0.25, 0.3) is 10.4 Å². The van der Waals surface area contributed by atoms with Crippen LogP contribution in [0.1, 0.15) is 54.2 Å². The van der Waals surface area contributed by atoms with Gasteiger partial charge in [0.2, 0.25) is 5.95 Å². The molecule has 2 aromatic heterocycles. The first kappa shape index (κ1) is 38.4. The molecule has 0 bridgehead atoms. The van der Waals surface area contributed by atoms with E-state index in [1.807, 2.05) is 41.8 Å². The number of aldehydes is 1. The summed E-state index contributed by atoms with van der Waals surface area (Å²) in [4.78, 5) is 42.2. The van der Waals surface area contributed by atoms with Crippen LogP contribution in [0.15, 0.2) is 66.0 Å². The maximum absolute atomic E-state index is 13.6. The number of piperidine rings is 2. The molecule has 0 saturated carbocycles. The molecule has 4 N–H and O–H groups in total. The van der Waals surface area contributed by atoms with Gasteiger partial charge in [0.25, 0.3) is 0 Å². The first-order valence-corrected chi connectivity index (χ1v) is 20.1. The fraction of sp³-hybridized carbons (Fsp3) is 0.405.